The Labute approximate surface area is 116 Å². The molecule has 1 aromatic heterocycles. The summed E-state index contributed by atoms with van der Waals surface area (Å²) in [6.45, 7) is 1.35. The Morgan fingerprint density at radius 2 is 2.00 bits per heavy atom. The van der Waals surface area contributed by atoms with Crippen LogP contribution in [0.15, 0.2) is 35.0 Å². The average molecular weight is 276 g/mol. The molecule has 0 aliphatic carbocycles. The Kier molecular flexibility index (Phi) is 3.71. The normalized spacial score (nSPS) is 15.8. The molecule has 1 unspecified atom stereocenters. The fraction of sp³-hybridized carbons (Fsp3) is 0.333. The average Bonchev–Trinajstić information content (AvgIpc) is 2.81. The molecule has 1 atom stereocenters. The van der Waals surface area contributed by atoms with Crippen molar-refractivity contribution in [2.75, 3.05) is 13.2 Å². The molecule has 0 saturated carbocycles. The van der Waals surface area contributed by atoms with Crippen molar-refractivity contribution >= 4 is 11.3 Å². The monoisotopic (exact) mass is 276 g/mol. The molecule has 1 aliphatic rings. The van der Waals surface area contributed by atoms with Crippen molar-refractivity contribution in [1.82, 2.24) is 0 Å². The van der Waals surface area contributed by atoms with E-state index in [-0.39, 0.29) is 0 Å². The van der Waals surface area contributed by atoms with Crippen LogP contribution < -0.4 is 9.47 Å². The highest BCUT2D eigenvalue weighted by atomic mass is 32.1. The first-order valence-electron chi connectivity index (χ1n) is 6.41. The Balaban J connectivity index is 1.79. The highest BCUT2D eigenvalue weighted by molar-refractivity contribution is 7.07. The third-order valence-corrected chi connectivity index (χ3v) is 3.90. The van der Waals surface area contributed by atoms with Gasteiger partial charge in [0.15, 0.2) is 11.5 Å². The SMILES string of the molecule is OC(Cc1ccsc1)c1ccc2c(c1)OCCCO2. The van der Waals surface area contributed by atoms with Gasteiger partial charge in [-0.05, 0) is 40.1 Å². The van der Waals surface area contributed by atoms with Crippen molar-refractivity contribution in [3.8, 4) is 11.5 Å². The quantitative estimate of drug-likeness (QED) is 0.935. The molecule has 1 aromatic carbocycles. The first-order valence-corrected chi connectivity index (χ1v) is 7.36. The number of rotatable bonds is 3. The zero-order chi connectivity index (χ0) is 13.1. The minimum absolute atomic E-state index is 0.508. The summed E-state index contributed by atoms with van der Waals surface area (Å²) in [6, 6.07) is 7.71. The van der Waals surface area contributed by atoms with Crippen LogP contribution in [0.1, 0.15) is 23.7 Å². The maximum absolute atomic E-state index is 10.3. The summed E-state index contributed by atoms with van der Waals surface area (Å²) in [5.74, 6) is 1.50. The molecule has 0 spiro atoms. The van der Waals surface area contributed by atoms with Gasteiger partial charge < -0.3 is 14.6 Å². The smallest absolute Gasteiger partial charge is 0.161 e. The molecule has 1 aliphatic heterocycles. The van der Waals surface area contributed by atoms with Gasteiger partial charge in [0.25, 0.3) is 0 Å². The minimum Gasteiger partial charge on any atom is -0.490 e. The number of aliphatic hydroxyl groups is 1. The lowest BCUT2D eigenvalue weighted by atomic mass is 10.0. The predicted octanol–water partition coefficient (Wildman–Crippen LogP) is 3.19. The van der Waals surface area contributed by atoms with Gasteiger partial charge in [-0.2, -0.15) is 11.3 Å². The van der Waals surface area contributed by atoms with E-state index in [2.05, 4.69) is 5.38 Å². The molecular formula is C15H16O3S. The molecule has 0 fully saturated rings. The van der Waals surface area contributed by atoms with Gasteiger partial charge in [0.05, 0.1) is 19.3 Å². The van der Waals surface area contributed by atoms with Gasteiger partial charge in [0, 0.05) is 12.8 Å². The maximum atomic E-state index is 10.3. The maximum Gasteiger partial charge on any atom is 0.161 e. The second-order valence-corrected chi connectivity index (χ2v) is 5.39. The van der Waals surface area contributed by atoms with Crippen molar-refractivity contribution in [1.29, 1.82) is 0 Å². The Morgan fingerprint density at radius 3 is 2.79 bits per heavy atom. The lowest BCUT2D eigenvalue weighted by molar-refractivity contribution is 0.178. The third-order valence-electron chi connectivity index (χ3n) is 3.17. The molecule has 0 amide bonds. The number of benzene rings is 1. The zero-order valence-corrected chi connectivity index (χ0v) is 11.4. The van der Waals surface area contributed by atoms with E-state index in [9.17, 15) is 5.11 Å². The molecule has 3 nitrogen and oxygen atoms in total. The van der Waals surface area contributed by atoms with E-state index < -0.39 is 6.10 Å². The summed E-state index contributed by atoms with van der Waals surface area (Å²) in [5, 5.41) is 14.4. The number of hydrogen-bond donors (Lipinski definition) is 1. The van der Waals surface area contributed by atoms with Crippen molar-refractivity contribution < 1.29 is 14.6 Å². The van der Waals surface area contributed by atoms with Crippen LogP contribution in [0.5, 0.6) is 11.5 Å². The van der Waals surface area contributed by atoms with Crippen LogP contribution >= 0.6 is 11.3 Å². The Morgan fingerprint density at radius 1 is 1.16 bits per heavy atom. The molecule has 0 saturated heterocycles. The second-order valence-electron chi connectivity index (χ2n) is 4.61. The third kappa shape index (κ3) is 2.91. The summed E-state index contributed by atoms with van der Waals surface area (Å²) >= 11 is 1.65. The molecule has 4 heteroatoms. The van der Waals surface area contributed by atoms with Gasteiger partial charge in [-0.15, -0.1) is 0 Å². The van der Waals surface area contributed by atoms with Gasteiger partial charge in [-0.25, -0.2) is 0 Å². The summed E-state index contributed by atoms with van der Waals surface area (Å²) in [5.41, 5.74) is 2.03. The second kappa shape index (κ2) is 5.63. The number of hydrogen-bond acceptors (Lipinski definition) is 4. The molecule has 100 valence electrons. The molecule has 0 bridgehead atoms. The van der Waals surface area contributed by atoms with Crippen molar-refractivity contribution in [2.24, 2.45) is 0 Å². The van der Waals surface area contributed by atoms with Crippen LogP contribution in [0, 0.1) is 0 Å². The van der Waals surface area contributed by atoms with E-state index in [0.717, 1.165) is 29.0 Å². The van der Waals surface area contributed by atoms with Gasteiger partial charge in [-0.1, -0.05) is 6.07 Å². The van der Waals surface area contributed by atoms with E-state index in [1.807, 2.05) is 29.6 Å². The number of fused-ring (bicyclic) bond motifs is 1. The van der Waals surface area contributed by atoms with Crippen molar-refractivity contribution in [2.45, 2.75) is 18.9 Å². The Bertz CT molecular complexity index is 536. The highest BCUT2D eigenvalue weighted by Gasteiger charge is 2.15. The number of aliphatic hydroxyl groups excluding tert-OH is 1. The fourth-order valence-electron chi connectivity index (χ4n) is 2.14. The first-order chi connectivity index (χ1) is 9.33. The van der Waals surface area contributed by atoms with Crippen LogP contribution in [-0.4, -0.2) is 18.3 Å². The lowest BCUT2D eigenvalue weighted by Gasteiger charge is -2.13. The molecule has 3 rings (SSSR count). The summed E-state index contributed by atoms with van der Waals surface area (Å²) in [6.07, 6.45) is 1.01. The number of thiophene rings is 1. The minimum atomic E-state index is -0.508. The van der Waals surface area contributed by atoms with Crippen molar-refractivity contribution in [3.05, 3.63) is 46.2 Å². The van der Waals surface area contributed by atoms with Crippen LogP contribution in [0.25, 0.3) is 0 Å². The van der Waals surface area contributed by atoms with Gasteiger partial charge in [0.1, 0.15) is 0 Å². The fourth-order valence-corrected chi connectivity index (χ4v) is 2.82. The van der Waals surface area contributed by atoms with E-state index in [0.29, 0.717) is 19.6 Å². The molecule has 1 N–H and O–H groups in total. The van der Waals surface area contributed by atoms with Gasteiger partial charge in [-0.3, -0.25) is 0 Å². The summed E-state index contributed by atoms with van der Waals surface area (Å²) in [4.78, 5) is 0. The molecule has 2 heterocycles. The van der Waals surface area contributed by atoms with Crippen LogP contribution in [0.4, 0.5) is 0 Å². The highest BCUT2D eigenvalue weighted by Crippen LogP contribution is 2.33. The van der Waals surface area contributed by atoms with E-state index in [4.69, 9.17) is 9.47 Å². The first kappa shape index (κ1) is 12.5. The molecule has 19 heavy (non-hydrogen) atoms. The van der Waals surface area contributed by atoms with E-state index in [1.54, 1.807) is 11.3 Å². The standard InChI is InChI=1S/C15H16O3S/c16-13(8-11-4-7-19-10-11)12-2-3-14-15(9-12)18-6-1-5-17-14/h2-4,7,9-10,13,16H,1,5-6,8H2. The van der Waals surface area contributed by atoms with Crippen molar-refractivity contribution in [3.63, 3.8) is 0 Å². The molecule has 0 radical (unpaired) electrons. The van der Waals surface area contributed by atoms with Crippen LogP contribution in [0.3, 0.4) is 0 Å². The predicted molar refractivity (Wildman–Crippen MR) is 75.0 cm³/mol. The largest absolute Gasteiger partial charge is 0.490 e. The summed E-state index contributed by atoms with van der Waals surface area (Å²) < 4.78 is 11.2. The molecule has 2 aromatic rings. The van der Waals surface area contributed by atoms with Crippen LogP contribution in [-0.2, 0) is 6.42 Å². The lowest BCUT2D eigenvalue weighted by Crippen LogP contribution is -2.02. The zero-order valence-electron chi connectivity index (χ0n) is 10.5. The molecular weight excluding hydrogens is 260 g/mol. The summed E-state index contributed by atoms with van der Waals surface area (Å²) in [7, 11) is 0. The topological polar surface area (TPSA) is 38.7 Å². The van der Waals surface area contributed by atoms with Gasteiger partial charge >= 0.3 is 0 Å². The van der Waals surface area contributed by atoms with E-state index in [1.165, 1.54) is 0 Å². The number of ether oxygens (including phenoxy) is 2. The van der Waals surface area contributed by atoms with E-state index >= 15 is 0 Å². The van der Waals surface area contributed by atoms with Crippen LogP contribution in [0.2, 0.25) is 0 Å². The van der Waals surface area contributed by atoms with Gasteiger partial charge in [0.2, 0.25) is 0 Å². The Hall–Kier alpha value is -1.52.